The van der Waals surface area contributed by atoms with Crippen molar-refractivity contribution < 1.29 is 4.79 Å². The predicted molar refractivity (Wildman–Crippen MR) is 46.3 cm³/mol. The van der Waals surface area contributed by atoms with E-state index in [2.05, 4.69) is 17.6 Å². The zero-order valence-electron chi connectivity index (χ0n) is 7.53. The molecule has 0 saturated carbocycles. The zero-order valence-corrected chi connectivity index (χ0v) is 7.53. The molecule has 2 amide bonds. The van der Waals surface area contributed by atoms with E-state index in [-0.39, 0.29) is 6.03 Å². The number of carbonyl (C=O) groups excluding carboxylic acids is 1. The molecule has 0 unspecified atom stereocenters. The van der Waals surface area contributed by atoms with Gasteiger partial charge in [-0.15, -0.1) is 0 Å². The van der Waals surface area contributed by atoms with Crippen LogP contribution in [0, 0.1) is 6.92 Å². The van der Waals surface area contributed by atoms with Crippen molar-refractivity contribution in [1.29, 1.82) is 0 Å². The van der Waals surface area contributed by atoms with Gasteiger partial charge in [0.25, 0.3) is 0 Å². The van der Waals surface area contributed by atoms with E-state index in [9.17, 15) is 4.79 Å². The van der Waals surface area contributed by atoms with Crippen molar-refractivity contribution in [2.75, 3.05) is 6.54 Å². The average molecular weight is 157 g/mol. The van der Waals surface area contributed by atoms with Gasteiger partial charge in [0.2, 0.25) is 0 Å². The highest BCUT2D eigenvalue weighted by Crippen LogP contribution is 1.96. The molecule has 0 aliphatic heterocycles. The molecule has 0 aromatic rings. The first-order valence-electron chi connectivity index (χ1n) is 3.87. The van der Waals surface area contributed by atoms with Crippen LogP contribution in [0.15, 0.2) is 0 Å². The van der Waals surface area contributed by atoms with E-state index in [1.54, 1.807) is 0 Å². The number of urea groups is 1. The van der Waals surface area contributed by atoms with Crippen molar-refractivity contribution in [2.24, 2.45) is 0 Å². The quantitative estimate of drug-likeness (QED) is 0.637. The minimum absolute atomic E-state index is 0.146. The van der Waals surface area contributed by atoms with Gasteiger partial charge in [0.1, 0.15) is 0 Å². The molecule has 3 heteroatoms. The fourth-order valence-electron chi connectivity index (χ4n) is 0.590. The van der Waals surface area contributed by atoms with Gasteiger partial charge in [-0.1, -0.05) is 6.92 Å². The topological polar surface area (TPSA) is 41.1 Å². The summed E-state index contributed by atoms with van der Waals surface area (Å²) in [7, 11) is 0. The molecule has 11 heavy (non-hydrogen) atoms. The molecule has 3 nitrogen and oxygen atoms in total. The second kappa shape index (κ2) is 4.21. The molecule has 0 heterocycles. The fourth-order valence-corrected chi connectivity index (χ4v) is 0.590. The molecule has 1 radical (unpaired) electrons. The van der Waals surface area contributed by atoms with E-state index in [1.807, 2.05) is 20.8 Å². The Labute approximate surface area is 68.6 Å². The van der Waals surface area contributed by atoms with Crippen LogP contribution in [0.1, 0.15) is 27.2 Å². The van der Waals surface area contributed by atoms with Crippen molar-refractivity contribution in [3.05, 3.63) is 6.92 Å². The van der Waals surface area contributed by atoms with Crippen LogP contribution < -0.4 is 10.6 Å². The monoisotopic (exact) mass is 157 g/mol. The summed E-state index contributed by atoms with van der Waals surface area (Å²) in [6.07, 6.45) is 0.949. The molecule has 0 aromatic carbocycles. The van der Waals surface area contributed by atoms with Crippen LogP contribution in [0.3, 0.4) is 0 Å². The van der Waals surface area contributed by atoms with Gasteiger partial charge in [-0.2, -0.15) is 0 Å². The Bertz CT molecular complexity index is 127. The van der Waals surface area contributed by atoms with E-state index in [4.69, 9.17) is 0 Å². The lowest BCUT2D eigenvalue weighted by molar-refractivity contribution is 0.234. The Kier molecular flexibility index (Phi) is 3.93. The molecule has 0 atom stereocenters. The summed E-state index contributed by atoms with van der Waals surface area (Å²) in [4.78, 5) is 11.0. The maximum Gasteiger partial charge on any atom is 0.315 e. The lowest BCUT2D eigenvalue weighted by Crippen LogP contribution is -2.46. The molecular formula is C8H17N2O. The van der Waals surface area contributed by atoms with Crippen LogP contribution in [-0.2, 0) is 0 Å². The van der Waals surface area contributed by atoms with Gasteiger partial charge in [0, 0.05) is 12.1 Å². The summed E-state index contributed by atoms with van der Waals surface area (Å²) in [5, 5.41) is 5.39. The first-order valence-corrected chi connectivity index (χ1v) is 3.87. The summed E-state index contributed by atoms with van der Waals surface area (Å²) in [6, 6.07) is -0.146. The van der Waals surface area contributed by atoms with Crippen LogP contribution in [-0.4, -0.2) is 18.1 Å². The zero-order chi connectivity index (χ0) is 8.91. The lowest BCUT2D eigenvalue weighted by atomic mass is 10.1. The van der Waals surface area contributed by atoms with E-state index in [0.29, 0.717) is 6.54 Å². The predicted octanol–water partition coefficient (Wildman–Crippen LogP) is 1.31. The van der Waals surface area contributed by atoms with Crippen molar-refractivity contribution in [3.8, 4) is 0 Å². The lowest BCUT2D eigenvalue weighted by Gasteiger charge is -2.20. The van der Waals surface area contributed by atoms with E-state index < -0.39 is 5.54 Å². The van der Waals surface area contributed by atoms with E-state index in [0.717, 1.165) is 6.42 Å². The van der Waals surface area contributed by atoms with Crippen LogP contribution in [0.25, 0.3) is 0 Å². The minimum atomic E-state index is -0.391. The average Bonchev–Trinajstić information content (AvgIpc) is 1.79. The summed E-state index contributed by atoms with van der Waals surface area (Å²) < 4.78 is 0. The standard InChI is InChI=1S/C8H17N2O/c1-5-6-9-7(11)10-8(2,3)4/h2,5-6H2,1,3-4H3,(H2,9,10,11). The van der Waals surface area contributed by atoms with Gasteiger partial charge in [0.15, 0.2) is 0 Å². The van der Waals surface area contributed by atoms with Crippen LogP contribution in [0.5, 0.6) is 0 Å². The molecule has 65 valence electrons. The maximum absolute atomic E-state index is 11.0. The number of nitrogens with one attached hydrogen (secondary N) is 2. The molecule has 0 fully saturated rings. The third kappa shape index (κ3) is 7.16. The Morgan fingerprint density at radius 3 is 2.45 bits per heavy atom. The Balaban J connectivity index is 3.53. The summed E-state index contributed by atoms with van der Waals surface area (Å²) >= 11 is 0. The molecule has 0 aliphatic carbocycles. The maximum atomic E-state index is 11.0. The largest absolute Gasteiger partial charge is 0.338 e. The number of rotatable bonds is 3. The highest BCUT2D eigenvalue weighted by Gasteiger charge is 2.12. The van der Waals surface area contributed by atoms with E-state index in [1.165, 1.54) is 0 Å². The molecule has 0 bridgehead atoms. The van der Waals surface area contributed by atoms with Gasteiger partial charge in [0.05, 0.1) is 0 Å². The SMILES string of the molecule is [CH2]C(C)(C)NC(=O)NCCC. The van der Waals surface area contributed by atoms with Gasteiger partial charge in [-0.3, -0.25) is 0 Å². The molecule has 0 saturated heterocycles. The first-order chi connectivity index (χ1) is 4.95. The smallest absolute Gasteiger partial charge is 0.315 e. The molecular weight excluding hydrogens is 140 g/mol. The van der Waals surface area contributed by atoms with Crippen LogP contribution in [0.4, 0.5) is 4.79 Å². The molecule has 2 N–H and O–H groups in total. The number of hydrogen-bond donors (Lipinski definition) is 2. The van der Waals surface area contributed by atoms with Crippen LogP contribution >= 0.6 is 0 Å². The Hall–Kier alpha value is -0.730. The van der Waals surface area contributed by atoms with Crippen molar-refractivity contribution in [3.63, 3.8) is 0 Å². The number of amides is 2. The van der Waals surface area contributed by atoms with Gasteiger partial charge >= 0.3 is 6.03 Å². The van der Waals surface area contributed by atoms with Crippen molar-refractivity contribution >= 4 is 6.03 Å². The number of hydrogen-bond acceptors (Lipinski definition) is 1. The fraction of sp³-hybridized carbons (Fsp3) is 0.750. The third-order valence-corrected chi connectivity index (χ3v) is 0.987. The van der Waals surface area contributed by atoms with Gasteiger partial charge in [-0.25, -0.2) is 4.79 Å². The Morgan fingerprint density at radius 1 is 1.55 bits per heavy atom. The molecule has 0 spiro atoms. The second-order valence-electron chi connectivity index (χ2n) is 3.26. The second-order valence-corrected chi connectivity index (χ2v) is 3.26. The molecule has 0 aliphatic rings. The Morgan fingerprint density at radius 2 is 2.09 bits per heavy atom. The van der Waals surface area contributed by atoms with Gasteiger partial charge in [-0.05, 0) is 27.2 Å². The summed E-state index contributed by atoms with van der Waals surface area (Å²) in [5.74, 6) is 0. The number of carbonyl (C=O) groups is 1. The normalized spacial score (nSPS) is 10.9. The first kappa shape index (κ1) is 10.3. The summed E-state index contributed by atoms with van der Waals surface area (Å²) in [5.41, 5.74) is -0.391. The molecule has 0 rings (SSSR count). The van der Waals surface area contributed by atoms with Crippen LogP contribution in [0.2, 0.25) is 0 Å². The highest BCUT2D eigenvalue weighted by molar-refractivity contribution is 5.74. The van der Waals surface area contributed by atoms with Crippen molar-refractivity contribution in [2.45, 2.75) is 32.7 Å². The minimum Gasteiger partial charge on any atom is -0.338 e. The van der Waals surface area contributed by atoms with Gasteiger partial charge < -0.3 is 10.6 Å². The third-order valence-electron chi connectivity index (χ3n) is 0.987. The molecule has 0 aromatic heterocycles. The summed E-state index contributed by atoms with van der Waals surface area (Å²) in [6.45, 7) is 10.2. The van der Waals surface area contributed by atoms with Crippen molar-refractivity contribution in [1.82, 2.24) is 10.6 Å². The highest BCUT2D eigenvalue weighted by atomic mass is 16.2. The van der Waals surface area contributed by atoms with E-state index >= 15 is 0 Å².